The fourth-order valence-electron chi connectivity index (χ4n) is 1.97. The first kappa shape index (κ1) is 11.5. The van der Waals surface area contributed by atoms with Gasteiger partial charge in [-0.1, -0.05) is 6.92 Å². The first-order valence-corrected chi connectivity index (χ1v) is 5.60. The molecule has 0 aromatic carbocycles. The summed E-state index contributed by atoms with van der Waals surface area (Å²) in [5.41, 5.74) is 0. The molecule has 1 aliphatic heterocycles. The van der Waals surface area contributed by atoms with E-state index in [-0.39, 0.29) is 5.97 Å². The monoisotopic (exact) mass is 199 g/mol. The smallest absolute Gasteiger partial charge is 0.307 e. The number of ether oxygens (including phenoxy) is 1. The van der Waals surface area contributed by atoms with Crippen molar-refractivity contribution in [2.45, 2.75) is 33.1 Å². The lowest BCUT2D eigenvalue weighted by Crippen LogP contribution is -2.35. The highest BCUT2D eigenvalue weighted by atomic mass is 16.5. The van der Waals surface area contributed by atoms with Crippen LogP contribution < -0.4 is 0 Å². The summed E-state index contributed by atoms with van der Waals surface area (Å²) in [5, 5.41) is 0. The number of hydrogen-bond acceptors (Lipinski definition) is 3. The Labute approximate surface area is 86.4 Å². The lowest BCUT2D eigenvalue weighted by atomic mass is 10.0. The van der Waals surface area contributed by atoms with Crippen molar-refractivity contribution in [1.82, 2.24) is 4.90 Å². The largest absolute Gasteiger partial charge is 0.466 e. The first-order valence-electron chi connectivity index (χ1n) is 5.60. The van der Waals surface area contributed by atoms with Crippen LogP contribution in [0.15, 0.2) is 0 Å². The van der Waals surface area contributed by atoms with Crippen LogP contribution in [-0.4, -0.2) is 37.1 Å². The number of piperidine rings is 1. The van der Waals surface area contributed by atoms with Crippen LogP contribution in [0.25, 0.3) is 0 Å². The minimum absolute atomic E-state index is 0.0641. The number of carbonyl (C=O) groups is 1. The molecule has 0 saturated carbocycles. The van der Waals surface area contributed by atoms with Crippen LogP contribution in [-0.2, 0) is 9.53 Å². The first-order chi connectivity index (χ1) is 6.72. The molecule has 1 fully saturated rings. The minimum Gasteiger partial charge on any atom is -0.466 e. The molecule has 1 heterocycles. The van der Waals surface area contributed by atoms with Crippen LogP contribution >= 0.6 is 0 Å². The van der Waals surface area contributed by atoms with E-state index in [4.69, 9.17) is 4.74 Å². The predicted octanol–water partition coefficient (Wildman–Crippen LogP) is 1.67. The summed E-state index contributed by atoms with van der Waals surface area (Å²) in [6.07, 6.45) is 3.14. The molecule has 3 nitrogen and oxygen atoms in total. The molecule has 1 atom stereocenters. The number of carbonyl (C=O) groups excluding carboxylic acids is 1. The molecule has 1 aliphatic rings. The zero-order valence-corrected chi connectivity index (χ0v) is 9.29. The van der Waals surface area contributed by atoms with Gasteiger partial charge in [-0.05, 0) is 32.2 Å². The second-order valence-corrected chi connectivity index (χ2v) is 4.10. The molecule has 82 valence electrons. The Morgan fingerprint density at radius 3 is 3.00 bits per heavy atom. The van der Waals surface area contributed by atoms with Crippen molar-refractivity contribution in [3.05, 3.63) is 0 Å². The maximum atomic E-state index is 11.1. The fourth-order valence-corrected chi connectivity index (χ4v) is 1.97. The van der Waals surface area contributed by atoms with Crippen LogP contribution in [0, 0.1) is 5.92 Å². The van der Waals surface area contributed by atoms with Gasteiger partial charge in [0.1, 0.15) is 0 Å². The SMILES string of the molecule is CCOC(=O)CCN1CCC[C@@H](C)C1. The second kappa shape index (κ2) is 6.02. The van der Waals surface area contributed by atoms with Gasteiger partial charge in [0.2, 0.25) is 0 Å². The van der Waals surface area contributed by atoms with E-state index < -0.39 is 0 Å². The van der Waals surface area contributed by atoms with Gasteiger partial charge in [-0.3, -0.25) is 4.79 Å². The Morgan fingerprint density at radius 2 is 2.36 bits per heavy atom. The summed E-state index contributed by atoms with van der Waals surface area (Å²) >= 11 is 0. The summed E-state index contributed by atoms with van der Waals surface area (Å²) in [4.78, 5) is 13.5. The number of nitrogens with zero attached hydrogens (tertiary/aromatic N) is 1. The molecule has 0 aromatic rings. The predicted molar refractivity (Wildman–Crippen MR) is 56.1 cm³/mol. The van der Waals surface area contributed by atoms with Gasteiger partial charge in [0, 0.05) is 13.1 Å². The van der Waals surface area contributed by atoms with Crippen LogP contribution in [0.3, 0.4) is 0 Å². The van der Waals surface area contributed by atoms with E-state index >= 15 is 0 Å². The summed E-state index contributed by atoms with van der Waals surface area (Å²) in [5.74, 6) is 0.719. The molecule has 0 amide bonds. The normalized spacial score (nSPS) is 23.4. The topological polar surface area (TPSA) is 29.5 Å². The Morgan fingerprint density at radius 1 is 1.57 bits per heavy atom. The maximum Gasteiger partial charge on any atom is 0.307 e. The zero-order valence-electron chi connectivity index (χ0n) is 9.29. The van der Waals surface area contributed by atoms with Crippen LogP contribution in [0.4, 0.5) is 0 Å². The summed E-state index contributed by atoms with van der Waals surface area (Å²) in [6, 6.07) is 0. The van der Waals surface area contributed by atoms with E-state index in [0.29, 0.717) is 13.0 Å². The third-order valence-corrected chi connectivity index (χ3v) is 2.68. The maximum absolute atomic E-state index is 11.1. The van der Waals surface area contributed by atoms with Crippen molar-refractivity contribution < 1.29 is 9.53 Å². The van der Waals surface area contributed by atoms with Crippen LogP contribution in [0.5, 0.6) is 0 Å². The molecule has 0 aliphatic carbocycles. The molecule has 3 heteroatoms. The molecule has 1 saturated heterocycles. The van der Waals surface area contributed by atoms with Gasteiger partial charge in [0.25, 0.3) is 0 Å². The van der Waals surface area contributed by atoms with Crippen molar-refractivity contribution >= 4 is 5.97 Å². The van der Waals surface area contributed by atoms with E-state index in [1.807, 2.05) is 6.92 Å². The van der Waals surface area contributed by atoms with Crippen molar-refractivity contribution in [3.63, 3.8) is 0 Å². The van der Waals surface area contributed by atoms with Gasteiger partial charge in [-0.2, -0.15) is 0 Å². The van der Waals surface area contributed by atoms with E-state index in [1.165, 1.54) is 12.8 Å². The Hall–Kier alpha value is -0.570. The molecule has 0 bridgehead atoms. The van der Waals surface area contributed by atoms with Crippen LogP contribution in [0.2, 0.25) is 0 Å². The quantitative estimate of drug-likeness (QED) is 0.645. The van der Waals surface area contributed by atoms with Crippen LogP contribution in [0.1, 0.15) is 33.1 Å². The number of likely N-dealkylation sites (tertiary alicyclic amines) is 1. The van der Waals surface area contributed by atoms with Gasteiger partial charge in [0.15, 0.2) is 0 Å². The molecule has 1 rings (SSSR count). The second-order valence-electron chi connectivity index (χ2n) is 4.10. The van der Waals surface area contributed by atoms with Gasteiger partial charge in [-0.25, -0.2) is 0 Å². The summed E-state index contributed by atoms with van der Waals surface area (Å²) in [6.45, 7) is 7.76. The minimum atomic E-state index is -0.0641. The standard InChI is InChI=1S/C11H21NO2/c1-3-14-11(13)6-8-12-7-4-5-10(2)9-12/h10H,3-9H2,1-2H3/t10-/m1/s1. The summed E-state index contributed by atoms with van der Waals surface area (Å²) < 4.78 is 4.89. The molecule has 0 spiro atoms. The third kappa shape index (κ3) is 4.09. The molecule has 0 radical (unpaired) electrons. The van der Waals surface area contributed by atoms with Gasteiger partial charge in [0.05, 0.1) is 13.0 Å². The molecular weight excluding hydrogens is 178 g/mol. The molecule has 0 aromatic heterocycles. The fraction of sp³-hybridized carbons (Fsp3) is 0.909. The van der Waals surface area contributed by atoms with Gasteiger partial charge in [-0.15, -0.1) is 0 Å². The van der Waals surface area contributed by atoms with Gasteiger partial charge >= 0.3 is 5.97 Å². The third-order valence-electron chi connectivity index (χ3n) is 2.68. The highest BCUT2D eigenvalue weighted by Gasteiger charge is 2.16. The van der Waals surface area contributed by atoms with Crippen molar-refractivity contribution in [2.75, 3.05) is 26.2 Å². The van der Waals surface area contributed by atoms with Gasteiger partial charge < -0.3 is 9.64 Å². The number of hydrogen-bond donors (Lipinski definition) is 0. The highest BCUT2D eigenvalue weighted by molar-refractivity contribution is 5.69. The molecular formula is C11H21NO2. The van der Waals surface area contributed by atoms with E-state index in [1.54, 1.807) is 0 Å². The molecule has 0 unspecified atom stereocenters. The van der Waals surface area contributed by atoms with Crippen molar-refractivity contribution in [2.24, 2.45) is 5.92 Å². The van der Waals surface area contributed by atoms with E-state index in [2.05, 4.69) is 11.8 Å². The molecule has 0 N–H and O–H groups in total. The lowest BCUT2D eigenvalue weighted by molar-refractivity contribution is -0.143. The number of rotatable bonds is 4. The highest BCUT2D eigenvalue weighted by Crippen LogP contribution is 2.15. The summed E-state index contributed by atoms with van der Waals surface area (Å²) in [7, 11) is 0. The lowest BCUT2D eigenvalue weighted by Gasteiger charge is -2.30. The van der Waals surface area contributed by atoms with E-state index in [0.717, 1.165) is 25.6 Å². The number of esters is 1. The Kier molecular flexibility index (Phi) is 4.94. The molecule has 14 heavy (non-hydrogen) atoms. The van der Waals surface area contributed by atoms with Crippen molar-refractivity contribution in [1.29, 1.82) is 0 Å². The average Bonchev–Trinajstić information content (AvgIpc) is 2.15. The average molecular weight is 199 g/mol. The Bertz CT molecular complexity index is 182. The van der Waals surface area contributed by atoms with E-state index in [9.17, 15) is 4.79 Å². The Balaban J connectivity index is 2.14. The van der Waals surface area contributed by atoms with Crippen molar-refractivity contribution in [3.8, 4) is 0 Å². The zero-order chi connectivity index (χ0) is 10.4.